The van der Waals surface area contributed by atoms with Crippen molar-refractivity contribution in [1.29, 1.82) is 0 Å². The smallest absolute Gasteiger partial charge is 0.315 e. The van der Waals surface area contributed by atoms with E-state index in [9.17, 15) is 4.79 Å². The lowest BCUT2D eigenvalue weighted by Crippen LogP contribution is -2.42. The summed E-state index contributed by atoms with van der Waals surface area (Å²) in [4.78, 5) is 13.0. The van der Waals surface area contributed by atoms with Crippen LogP contribution >= 0.6 is 0 Å². The molecular formula is C12H16N2O. The summed E-state index contributed by atoms with van der Waals surface area (Å²) < 4.78 is 0. The van der Waals surface area contributed by atoms with Gasteiger partial charge in [-0.2, -0.15) is 0 Å². The largest absolute Gasteiger partial charge is 0.351 e. The number of primary amides is 1. The quantitative estimate of drug-likeness (QED) is 0.748. The van der Waals surface area contributed by atoms with E-state index >= 15 is 0 Å². The van der Waals surface area contributed by atoms with E-state index in [1.54, 1.807) is 4.90 Å². The van der Waals surface area contributed by atoms with Crippen molar-refractivity contribution in [2.75, 3.05) is 6.54 Å². The first kappa shape index (κ1) is 10.0. The first-order valence-electron chi connectivity index (χ1n) is 5.38. The molecule has 1 aromatic carbocycles. The van der Waals surface area contributed by atoms with Crippen LogP contribution in [-0.4, -0.2) is 17.5 Å². The molecule has 3 nitrogen and oxygen atoms in total. The van der Waals surface area contributed by atoms with Crippen molar-refractivity contribution in [3.63, 3.8) is 0 Å². The molecule has 0 aromatic heterocycles. The Labute approximate surface area is 89.9 Å². The van der Waals surface area contributed by atoms with E-state index in [1.807, 2.05) is 12.1 Å². The lowest BCUT2D eigenvalue weighted by molar-refractivity contribution is 0.176. The predicted molar refractivity (Wildman–Crippen MR) is 59.5 cm³/mol. The lowest BCUT2D eigenvalue weighted by atomic mass is 9.91. The molecule has 0 saturated carbocycles. The summed E-state index contributed by atoms with van der Waals surface area (Å²) in [6.45, 7) is 2.83. The fourth-order valence-electron chi connectivity index (χ4n) is 2.36. The lowest BCUT2D eigenvalue weighted by Gasteiger charge is -2.35. The molecule has 1 aromatic rings. The number of rotatable bonds is 1. The number of nitrogens with two attached hydrogens (primary N) is 1. The Morgan fingerprint density at radius 2 is 2.27 bits per heavy atom. The predicted octanol–water partition coefficient (Wildman–Crippen LogP) is 2.07. The van der Waals surface area contributed by atoms with Gasteiger partial charge in [0.05, 0.1) is 6.04 Å². The fourth-order valence-corrected chi connectivity index (χ4v) is 2.36. The molecule has 2 N–H and O–H groups in total. The highest BCUT2D eigenvalue weighted by atomic mass is 16.2. The fraction of sp³-hybridized carbons (Fsp3) is 0.417. The normalized spacial score (nSPS) is 19.8. The van der Waals surface area contributed by atoms with E-state index < -0.39 is 0 Å². The number of carbonyl (C=O) groups is 1. The van der Waals surface area contributed by atoms with Gasteiger partial charge in [0, 0.05) is 6.54 Å². The summed E-state index contributed by atoms with van der Waals surface area (Å²) in [6, 6.07) is 8.15. The monoisotopic (exact) mass is 204 g/mol. The van der Waals surface area contributed by atoms with Gasteiger partial charge in [-0.15, -0.1) is 0 Å². The summed E-state index contributed by atoms with van der Waals surface area (Å²) in [6.07, 6.45) is 1.83. The zero-order valence-electron chi connectivity index (χ0n) is 8.94. The minimum Gasteiger partial charge on any atom is -0.351 e. The van der Waals surface area contributed by atoms with Gasteiger partial charge < -0.3 is 10.6 Å². The number of hydrogen-bond donors (Lipinski definition) is 1. The zero-order chi connectivity index (χ0) is 10.8. The van der Waals surface area contributed by atoms with Crippen LogP contribution in [0.15, 0.2) is 24.3 Å². The van der Waals surface area contributed by atoms with E-state index in [0.717, 1.165) is 19.4 Å². The maximum Gasteiger partial charge on any atom is 0.315 e. The molecule has 1 atom stereocenters. The SMILES string of the molecule is CCC1c2ccccc2CCN1C(N)=O. The minimum absolute atomic E-state index is 0.160. The third kappa shape index (κ3) is 1.69. The Balaban J connectivity index is 2.38. The van der Waals surface area contributed by atoms with Crippen molar-refractivity contribution in [1.82, 2.24) is 4.90 Å². The average Bonchev–Trinajstić information content (AvgIpc) is 2.27. The highest BCUT2D eigenvalue weighted by Gasteiger charge is 2.27. The van der Waals surface area contributed by atoms with Crippen LogP contribution in [0.4, 0.5) is 4.79 Å². The van der Waals surface area contributed by atoms with Gasteiger partial charge in [-0.3, -0.25) is 0 Å². The van der Waals surface area contributed by atoms with Gasteiger partial charge in [0.15, 0.2) is 0 Å². The Morgan fingerprint density at radius 1 is 1.53 bits per heavy atom. The molecule has 1 heterocycles. The molecule has 0 fully saturated rings. The standard InChI is InChI=1S/C12H16N2O/c1-2-11-10-6-4-3-5-9(10)7-8-14(11)12(13)15/h3-6,11H,2,7-8H2,1H3,(H2,13,15). The maximum atomic E-state index is 11.3. The second-order valence-corrected chi connectivity index (χ2v) is 3.90. The molecule has 0 saturated heterocycles. The van der Waals surface area contributed by atoms with Gasteiger partial charge in [-0.05, 0) is 24.0 Å². The molecule has 1 unspecified atom stereocenters. The third-order valence-corrected chi connectivity index (χ3v) is 3.08. The first-order chi connectivity index (χ1) is 7.24. The summed E-state index contributed by atoms with van der Waals surface area (Å²) in [5.74, 6) is 0. The van der Waals surface area contributed by atoms with E-state index in [2.05, 4.69) is 19.1 Å². The summed E-state index contributed by atoms with van der Waals surface area (Å²) in [5, 5.41) is 0. The second-order valence-electron chi connectivity index (χ2n) is 3.90. The van der Waals surface area contributed by atoms with Crippen LogP contribution in [0.5, 0.6) is 0 Å². The number of hydrogen-bond acceptors (Lipinski definition) is 1. The van der Waals surface area contributed by atoms with Gasteiger partial charge in [-0.25, -0.2) is 4.79 Å². The number of benzene rings is 1. The molecule has 1 aliphatic heterocycles. The summed E-state index contributed by atoms with van der Waals surface area (Å²) >= 11 is 0. The number of amides is 2. The highest BCUT2D eigenvalue weighted by molar-refractivity contribution is 5.73. The molecule has 2 amide bonds. The van der Waals surface area contributed by atoms with Gasteiger partial charge in [-0.1, -0.05) is 31.2 Å². The van der Waals surface area contributed by atoms with Crippen molar-refractivity contribution < 1.29 is 4.79 Å². The molecule has 80 valence electrons. The van der Waals surface area contributed by atoms with Gasteiger partial charge in [0.2, 0.25) is 0 Å². The first-order valence-corrected chi connectivity index (χ1v) is 5.38. The van der Waals surface area contributed by atoms with Crippen molar-refractivity contribution in [3.05, 3.63) is 35.4 Å². The minimum atomic E-state index is -0.309. The Morgan fingerprint density at radius 3 is 2.93 bits per heavy atom. The van der Waals surface area contributed by atoms with Crippen LogP contribution in [0, 0.1) is 0 Å². The van der Waals surface area contributed by atoms with Crippen LogP contribution in [-0.2, 0) is 6.42 Å². The number of carbonyl (C=O) groups excluding carboxylic acids is 1. The van der Waals surface area contributed by atoms with E-state index in [1.165, 1.54) is 11.1 Å². The number of nitrogens with zero attached hydrogens (tertiary/aromatic N) is 1. The Hall–Kier alpha value is -1.51. The zero-order valence-corrected chi connectivity index (χ0v) is 8.94. The van der Waals surface area contributed by atoms with Gasteiger partial charge in [0.25, 0.3) is 0 Å². The van der Waals surface area contributed by atoms with Gasteiger partial charge in [0.1, 0.15) is 0 Å². The van der Waals surface area contributed by atoms with E-state index in [-0.39, 0.29) is 12.1 Å². The molecule has 0 bridgehead atoms. The van der Waals surface area contributed by atoms with Crippen LogP contribution in [0.3, 0.4) is 0 Å². The Kier molecular flexibility index (Phi) is 2.62. The molecule has 1 aliphatic rings. The van der Waals surface area contributed by atoms with Crippen molar-refractivity contribution >= 4 is 6.03 Å². The molecule has 15 heavy (non-hydrogen) atoms. The van der Waals surface area contributed by atoms with Crippen molar-refractivity contribution in [2.45, 2.75) is 25.8 Å². The maximum absolute atomic E-state index is 11.3. The summed E-state index contributed by atoms with van der Waals surface area (Å²) in [7, 11) is 0. The average molecular weight is 204 g/mol. The van der Waals surface area contributed by atoms with Crippen LogP contribution in [0.25, 0.3) is 0 Å². The van der Waals surface area contributed by atoms with Gasteiger partial charge >= 0.3 is 6.03 Å². The van der Waals surface area contributed by atoms with Crippen LogP contribution < -0.4 is 5.73 Å². The van der Waals surface area contributed by atoms with E-state index in [4.69, 9.17) is 5.73 Å². The summed E-state index contributed by atoms with van der Waals surface area (Å²) in [5.41, 5.74) is 7.98. The van der Waals surface area contributed by atoms with Crippen molar-refractivity contribution in [3.8, 4) is 0 Å². The molecule has 3 heteroatoms. The molecular weight excluding hydrogens is 188 g/mol. The molecule has 2 rings (SSSR count). The number of urea groups is 1. The third-order valence-electron chi connectivity index (χ3n) is 3.08. The highest BCUT2D eigenvalue weighted by Crippen LogP contribution is 2.31. The van der Waals surface area contributed by atoms with Crippen LogP contribution in [0.1, 0.15) is 30.5 Å². The van der Waals surface area contributed by atoms with Crippen molar-refractivity contribution in [2.24, 2.45) is 5.73 Å². The Bertz CT molecular complexity index is 376. The van der Waals surface area contributed by atoms with Crippen LogP contribution in [0.2, 0.25) is 0 Å². The van der Waals surface area contributed by atoms with E-state index in [0.29, 0.717) is 0 Å². The second kappa shape index (κ2) is 3.93. The molecule has 0 aliphatic carbocycles. The topological polar surface area (TPSA) is 46.3 Å². The molecule has 0 spiro atoms. The number of fused-ring (bicyclic) bond motifs is 1. The molecule has 0 radical (unpaired) electrons.